The van der Waals surface area contributed by atoms with E-state index in [2.05, 4.69) is 18.9 Å². The summed E-state index contributed by atoms with van der Waals surface area (Å²) in [5, 5.41) is 13.7. The van der Waals surface area contributed by atoms with Crippen molar-refractivity contribution in [1.82, 2.24) is 14.7 Å². The molecule has 1 aromatic heterocycles. The van der Waals surface area contributed by atoms with E-state index < -0.39 is 5.97 Å². The van der Waals surface area contributed by atoms with Gasteiger partial charge >= 0.3 is 5.97 Å². The molecule has 3 fully saturated rings. The fraction of sp³-hybridized carbons (Fsp3) is 0.737. The molecule has 1 aliphatic heterocycles. The average molecular weight is 345 g/mol. The molecule has 136 valence electrons. The van der Waals surface area contributed by atoms with Crippen LogP contribution in [0, 0.1) is 17.3 Å². The van der Waals surface area contributed by atoms with Gasteiger partial charge in [0.2, 0.25) is 0 Å². The number of rotatable bonds is 5. The van der Waals surface area contributed by atoms with E-state index in [-0.39, 0.29) is 17.2 Å². The Morgan fingerprint density at radius 2 is 2.00 bits per heavy atom. The number of carbonyl (C=O) groups excluding carboxylic acids is 1. The molecular weight excluding hydrogens is 318 g/mol. The maximum Gasteiger partial charge on any atom is 0.307 e. The van der Waals surface area contributed by atoms with Crippen LogP contribution < -0.4 is 0 Å². The number of nitrogens with zero attached hydrogens (tertiary/aromatic N) is 3. The molecule has 6 heteroatoms. The van der Waals surface area contributed by atoms with Crippen LogP contribution in [-0.2, 0) is 11.3 Å². The van der Waals surface area contributed by atoms with Crippen LogP contribution >= 0.6 is 0 Å². The van der Waals surface area contributed by atoms with Crippen LogP contribution in [-0.4, -0.2) is 44.8 Å². The predicted octanol–water partition coefficient (Wildman–Crippen LogP) is 2.74. The van der Waals surface area contributed by atoms with Gasteiger partial charge in [0, 0.05) is 25.6 Å². The number of amides is 1. The molecule has 1 N–H and O–H groups in total. The zero-order chi connectivity index (χ0) is 17.8. The molecule has 2 heterocycles. The Labute approximate surface area is 148 Å². The normalized spacial score (nSPS) is 24.8. The fourth-order valence-corrected chi connectivity index (χ4v) is 4.41. The topological polar surface area (TPSA) is 75.4 Å². The number of hydrogen-bond acceptors (Lipinski definition) is 3. The molecular formula is C19H27N3O3. The Morgan fingerprint density at radius 1 is 1.32 bits per heavy atom. The average Bonchev–Trinajstić information content (AvgIpc) is 3.47. The standard InChI is InChI=1S/C19H27N3O3/c1-12(2)11-22-16(13-3-4-13)14(10-20-22)17(23)21-7-5-19(6-8-21)9-15(19)18(24)25/h10,12-13,15H,3-9,11H2,1-2H3,(H,24,25). The zero-order valence-electron chi connectivity index (χ0n) is 15.1. The van der Waals surface area contributed by atoms with Crippen molar-refractivity contribution in [2.75, 3.05) is 13.1 Å². The number of likely N-dealkylation sites (tertiary alicyclic amines) is 1. The minimum atomic E-state index is -0.675. The highest BCUT2D eigenvalue weighted by Crippen LogP contribution is 2.59. The smallest absolute Gasteiger partial charge is 0.307 e. The SMILES string of the molecule is CC(C)Cn1ncc(C(=O)N2CCC3(CC2)CC3C(=O)O)c1C1CC1. The van der Waals surface area contributed by atoms with Gasteiger partial charge < -0.3 is 10.0 Å². The first-order valence-corrected chi connectivity index (χ1v) is 9.49. The second-order valence-electron chi connectivity index (χ2n) is 8.54. The number of hydrogen-bond donors (Lipinski definition) is 1. The number of piperidine rings is 1. The third kappa shape index (κ3) is 2.96. The van der Waals surface area contributed by atoms with Crippen LogP contribution in [0.5, 0.6) is 0 Å². The largest absolute Gasteiger partial charge is 0.481 e. The monoisotopic (exact) mass is 345 g/mol. The van der Waals surface area contributed by atoms with Gasteiger partial charge in [-0.15, -0.1) is 0 Å². The van der Waals surface area contributed by atoms with Gasteiger partial charge in [-0.2, -0.15) is 5.10 Å². The number of carboxylic acid groups (broad SMARTS) is 1. The van der Waals surface area contributed by atoms with Crippen molar-refractivity contribution in [3.63, 3.8) is 0 Å². The Bertz CT molecular complexity index is 697. The summed E-state index contributed by atoms with van der Waals surface area (Å²) in [6.45, 7) is 6.52. The second kappa shape index (κ2) is 5.85. The van der Waals surface area contributed by atoms with Crippen molar-refractivity contribution in [2.24, 2.45) is 17.3 Å². The van der Waals surface area contributed by atoms with E-state index in [1.54, 1.807) is 6.20 Å². The second-order valence-corrected chi connectivity index (χ2v) is 8.54. The molecule has 6 nitrogen and oxygen atoms in total. The summed E-state index contributed by atoms with van der Waals surface area (Å²) in [5.41, 5.74) is 1.85. The lowest BCUT2D eigenvalue weighted by molar-refractivity contribution is -0.139. The molecule has 25 heavy (non-hydrogen) atoms. The maximum atomic E-state index is 13.1. The molecule has 4 rings (SSSR count). The van der Waals surface area contributed by atoms with E-state index >= 15 is 0 Å². The van der Waals surface area contributed by atoms with E-state index in [0.29, 0.717) is 24.9 Å². The molecule has 1 spiro atoms. The third-order valence-corrected chi connectivity index (χ3v) is 6.15. The molecule has 1 aromatic rings. The molecule has 1 atom stereocenters. The van der Waals surface area contributed by atoms with Crippen LogP contribution in [0.2, 0.25) is 0 Å². The summed E-state index contributed by atoms with van der Waals surface area (Å²) in [4.78, 5) is 26.2. The maximum absolute atomic E-state index is 13.1. The molecule has 2 aliphatic carbocycles. The van der Waals surface area contributed by atoms with Crippen LogP contribution in [0.4, 0.5) is 0 Å². The lowest BCUT2D eigenvalue weighted by Crippen LogP contribution is -2.40. The number of aromatic nitrogens is 2. The van der Waals surface area contributed by atoms with E-state index in [9.17, 15) is 14.7 Å². The molecule has 0 bridgehead atoms. The Morgan fingerprint density at radius 3 is 2.52 bits per heavy atom. The Hall–Kier alpha value is -1.85. The summed E-state index contributed by atoms with van der Waals surface area (Å²) < 4.78 is 2.03. The van der Waals surface area contributed by atoms with Gasteiger partial charge in [-0.3, -0.25) is 14.3 Å². The molecule has 1 saturated heterocycles. The third-order valence-electron chi connectivity index (χ3n) is 6.15. The fourth-order valence-electron chi connectivity index (χ4n) is 4.41. The minimum Gasteiger partial charge on any atom is -0.481 e. The van der Waals surface area contributed by atoms with Gasteiger partial charge in [0.05, 0.1) is 23.4 Å². The van der Waals surface area contributed by atoms with E-state index in [4.69, 9.17) is 0 Å². The lowest BCUT2D eigenvalue weighted by atomic mass is 9.90. The Kier molecular flexibility index (Phi) is 3.89. The highest BCUT2D eigenvalue weighted by atomic mass is 16.4. The van der Waals surface area contributed by atoms with Crippen LogP contribution in [0.1, 0.15) is 67.9 Å². The molecule has 3 aliphatic rings. The van der Waals surface area contributed by atoms with Crippen molar-refractivity contribution in [2.45, 2.75) is 58.4 Å². The van der Waals surface area contributed by atoms with Gasteiger partial charge in [0.15, 0.2) is 0 Å². The van der Waals surface area contributed by atoms with Crippen LogP contribution in [0.15, 0.2) is 6.20 Å². The summed E-state index contributed by atoms with van der Waals surface area (Å²) in [6, 6.07) is 0. The van der Waals surface area contributed by atoms with Crippen molar-refractivity contribution in [1.29, 1.82) is 0 Å². The van der Waals surface area contributed by atoms with Gasteiger partial charge in [-0.25, -0.2) is 0 Å². The van der Waals surface area contributed by atoms with Crippen LogP contribution in [0.25, 0.3) is 0 Å². The first-order valence-electron chi connectivity index (χ1n) is 9.49. The van der Waals surface area contributed by atoms with Gasteiger partial charge in [0.25, 0.3) is 5.91 Å². The van der Waals surface area contributed by atoms with Gasteiger partial charge in [-0.1, -0.05) is 13.8 Å². The molecule has 0 aromatic carbocycles. The quantitative estimate of drug-likeness (QED) is 0.890. The van der Waals surface area contributed by atoms with E-state index in [1.807, 2.05) is 9.58 Å². The summed E-state index contributed by atoms with van der Waals surface area (Å²) >= 11 is 0. The zero-order valence-corrected chi connectivity index (χ0v) is 15.1. The van der Waals surface area contributed by atoms with Crippen molar-refractivity contribution in [3.8, 4) is 0 Å². The Balaban J connectivity index is 1.47. The van der Waals surface area contributed by atoms with Crippen LogP contribution in [0.3, 0.4) is 0 Å². The van der Waals surface area contributed by atoms with Crippen molar-refractivity contribution >= 4 is 11.9 Å². The lowest BCUT2D eigenvalue weighted by Gasteiger charge is -2.32. The summed E-state index contributed by atoms with van der Waals surface area (Å²) in [5.74, 6) is 0.194. The van der Waals surface area contributed by atoms with Crippen molar-refractivity contribution in [3.05, 3.63) is 17.5 Å². The highest BCUT2D eigenvalue weighted by Gasteiger charge is 2.59. The van der Waals surface area contributed by atoms with E-state index in [1.165, 1.54) is 0 Å². The summed E-state index contributed by atoms with van der Waals surface area (Å²) in [7, 11) is 0. The molecule has 2 saturated carbocycles. The van der Waals surface area contributed by atoms with E-state index in [0.717, 1.165) is 49.9 Å². The predicted molar refractivity (Wildman–Crippen MR) is 92.4 cm³/mol. The molecule has 1 unspecified atom stereocenters. The number of aliphatic carboxylic acids is 1. The van der Waals surface area contributed by atoms with Gasteiger partial charge in [-0.05, 0) is 43.4 Å². The minimum absolute atomic E-state index is 0.0379. The first-order chi connectivity index (χ1) is 11.9. The number of carbonyl (C=O) groups is 2. The van der Waals surface area contributed by atoms with Crippen molar-refractivity contribution < 1.29 is 14.7 Å². The molecule has 0 radical (unpaired) electrons. The number of carboxylic acids is 1. The van der Waals surface area contributed by atoms with Gasteiger partial charge in [0.1, 0.15) is 0 Å². The highest BCUT2D eigenvalue weighted by molar-refractivity contribution is 5.95. The first kappa shape index (κ1) is 16.6. The molecule has 1 amide bonds. The summed E-state index contributed by atoms with van der Waals surface area (Å²) in [6.07, 6.45) is 6.45.